The maximum atomic E-state index is 13.7. The lowest BCUT2D eigenvalue weighted by Gasteiger charge is -2.36. The molecule has 1 aromatic carbocycles. The number of likely N-dealkylation sites (tertiary alicyclic amines) is 1. The molecule has 2 heterocycles. The minimum Gasteiger partial charge on any atom is -0.391 e. The zero-order valence-corrected chi connectivity index (χ0v) is 22.7. The molecular weight excluding hydrogens is 488 g/mol. The van der Waals surface area contributed by atoms with Crippen LogP contribution in [0.5, 0.6) is 0 Å². The number of hydrogen-bond donors (Lipinski definition) is 3. The van der Waals surface area contributed by atoms with E-state index in [1.54, 1.807) is 17.4 Å². The summed E-state index contributed by atoms with van der Waals surface area (Å²) in [6.45, 7) is 11.7. The lowest BCUT2D eigenvalue weighted by Crippen LogP contribution is -2.58. The van der Waals surface area contributed by atoms with Crippen molar-refractivity contribution >= 4 is 29.1 Å². The second-order valence-corrected chi connectivity index (χ2v) is 12.1. The number of nitrogens with one attached hydrogen (secondary N) is 2. The Kier molecular flexibility index (Phi) is 7.57. The summed E-state index contributed by atoms with van der Waals surface area (Å²) in [4.78, 5) is 46.6. The number of thiazole rings is 1. The van der Waals surface area contributed by atoms with Crippen LogP contribution in [0.2, 0.25) is 0 Å². The molecule has 3 atom stereocenters. The van der Waals surface area contributed by atoms with Gasteiger partial charge in [-0.25, -0.2) is 4.98 Å². The van der Waals surface area contributed by atoms with Gasteiger partial charge in [0.15, 0.2) is 0 Å². The number of β-amino-alcohol motifs (C(OH)–C–C–N with tert-alkyl or cyclic N) is 1. The Balaban J connectivity index is 1.42. The van der Waals surface area contributed by atoms with Crippen molar-refractivity contribution in [1.29, 1.82) is 0 Å². The molecule has 9 heteroatoms. The molecule has 0 spiro atoms. The third kappa shape index (κ3) is 5.78. The van der Waals surface area contributed by atoms with E-state index in [1.165, 1.54) is 4.90 Å². The Hall–Kier alpha value is -3.04. The molecule has 3 N–H and O–H groups in total. The quantitative estimate of drug-likeness (QED) is 0.459. The predicted octanol–water partition coefficient (Wildman–Crippen LogP) is 3.19. The van der Waals surface area contributed by atoms with Crippen molar-refractivity contribution in [2.45, 2.75) is 71.7 Å². The van der Waals surface area contributed by atoms with Crippen LogP contribution >= 0.6 is 11.3 Å². The number of aliphatic hydroxyl groups is 1. The smallest absolute Gasteiger partial charge is 0.246 e. The van der Waals surface area contributed by atoms with E-state index >= 15 is 0 Å². The first kappa shape index (κ1) is 27.0. The topological polar surface area (TPSA) is 112 Å². The van der Waals surface area contributed by atoms with Crippen LogP contribution in [0.3, 0.4) is 0 Å². The molecule has 1 aliphatic heterocycles. The molecule has 0 bridgehead atoms. The highest BCUT2D eigenvalue weighted by atomic mass is 32.1. The van der Waals surface area contributed by atoms with Crippen LogP contribution in [-0.2, 0) is 20.9 Å². The summed E-state index contributed by atoms with van der Waals surface area (Å²) < 4.78 is 0. The maximum Gasteiger partial charge on any atom is 0.246 e. The minimum atomic E-state index is -0.833. The molecule has 0 radical (unpaired) electrons. The van der Waals surface area contributed by atoms with Crippen molar-refractivity contribution in [3.63, 3.8) is 0 Å². The molecule has 198 valence electrons. The fourth-order valence-electron chi connectivity index (χ4n) is 4.71. The number of aliphatic hydroxyl groups excluding tert-OH is 1. The summed E-state index contributed by atoms with van der Waals surface area (Å²) in [7, 11) is 0. The Morgan fingerprint density at radius 1 is 1.27 bits per heavy atom. The first-order valence-electron chi connectivity index (χ1n) is 12.7. The van der Waals surface area contributed by atoms with Crippen LogP contribution in [0.15, 0.2) is 42.4 Å². The highest BCUT2D eigenvalue weighted by molar-refractivity contribution is 7.13. The first-order valence-corrected chi connectivity index (χ1v) is 13.5. The molecule has 3 amide bonds. The molecule has 1 saturated heterocycles. The normalized spacial score (nSPS) is 21.3. The number of carbonyl (C=O) groups is 3. The zero-order chi connectivity index (χ0) is 27.0. The second-order valence-electron chi connectivity index (χ2n) is 11.2. The largest absolute Gasteiger partial charge is 0.391 e. The Labute approximate surface area is 222 Å². The zero-order valence-electron chi connectivity index (χ0n) is 21.9. The first-order chi connectivity index (χ1) is 17.4. The van der Waals surface area contributed by atoms with Gasteiger partial charge in [-0.3, -0.25) is 14.4 Å². The van der Waals surface area contributed by atoms with Crippen molar-refractivity contribution in [3.8, 4) is 10.4 Å². The highest BCUT2D eigenvalue weighted by Gasteiger charge is 2.50. The van der Waals surface area contributed by atoms with Gasteiger partial charge in [0.05, 0.1) is 27.6 Å². The molecule has 0 unspecified atom stereocenters. The summed E-state index contributed by atoms with van der Waals surface area (Å²) in [6.07, 6.45) is 2.42. The van der Waals surface area contributed by atoms with Gasteiger partial charge in [-0.1, -0.05) is 51.1 Å². The number of rotatable bonds is 8. The third-order valence-corrected chi connectivity index (χ3v) is 8.29. The van der Waals surface area contributed by atoms with Crippen LogP contribution in [0.4, 0.5) is 0 Å². The SMILES string of the molecule is C=CC1(C(=O)N[C@H](C(=O)N2C[C@H](O)C[C@H]2C(=O)NCc2ccc(-c3scnc3C)cc2)C(C)(C)C)CC1. The van der Waals surface area contributed by atoms with Gasteiger partial charge in [-0.15, -0.1) is 17.9 Å². The summed E-state index contributed by atoms with van der Waals surface area (Å²) in [5, 5.41) is 16.2. The molecule has 2 aliphatic rings. The number of aromatic nitrogens is 1. The van der Waals surface area contributed by atoms with Gasteiger partial charge >= 0.3 is 0 Å². The Morgan fingerprint density at radius 3 is 2.49 bits per heavy atom. The molecule has 2 aromatic rings. The van der Waals surface area contributed by atoms with Gasteiger partial charge in [0, 0.05) is 19.5 Å². The molecule has 1 aromatic heterocycles. The minimum absolute atomic E-state index is 0.0505. The number of amides is 3. The van der Waals surface area contributed by atoms with Gasteiger partial charge in [0.1, 0.15) is 12.1 Å². The fourth-order valence-corrected chi connectivity index (χ4v) is 5.53. The van der Waals surface area contributed by atoms with E-state index in [0.717, 1.165) is 21.7 Å². The molecule has 2 fully saturated rings. The van der Waals surface area contributed by atoms with Crippen LogP contribution in [0.1, 0.15) is 51.3 Å². The van der Waals surface area contributed by atoms with Crippen LogP contribution < -0.4 is 10.6 Å². The number of nitrogens with zero attached hydrogens (tertiary/aromatic N) is 2. The number of benzene rings is 1. The van der Waals surface area contributed by atoms with E-state index < -0.39 is 29.0 Å². The van der Waals surface area contributed by atoms with Crippen molar-refractivity contribution in [3.05, 3.63) is 53.7 Å². The molecule has 8 nitrogen and oxygen atoms in total. The summed E-state index contributed by atoms with van der Waals surface area (Å²) in [5.41, 5.74) is 3.61. The third-order valence-electron chi connectivity index (χ3n) is 7.31. The molecule has 37 heavy (non-hydrogen) atoms. The molecule has 1 aliphatic carbocycles. The van der Waals surface area contributed by atoms with Gasteiger partial charge < -0.3 is 20.6 Å². The van der Waals surface area contributed by atoms with Crippen molar-refractivity contribution in [1.82, 2.24) is 20.5 Å². The van der Waals surface area contributed by atoms with E-state index in [4.69, 9.17) is 0 Å². The molecular formula is C28H36N4O4S. The van der Waals surface area contributed by atoms with E-state index in [0.29, 0.717) is 19.4 Å². The standard InChI is InChI=1S/C28H36N4O4S/c1-6-28(11-12-28)26(36)31-23(27(3,4)5)25(35)32-15-20(33)13-21(32)24(34)29-14-18-7-9-19(10-8-18)22-17(2)30-16-37-22/h6-10,16,20-21,23,33H,1,11-15H2,2-5H3,(H,29,34)(H,31,36)/t20-,21+,23-/m1/s1. The number of carbonyl (C=O) groups excluding carboxylic acids is 3. The lowest BCUT2D eigenvalue weighted by atomic mass is 9.85. The average molecular weight is 525 g/mol. The number of aryl methyl sites for hydroxylation is 1. The summed E-state index contributed by atoms with van der Waals surface area (Å²) in [6, 6.07) is 6.28. The van der Waals surface area contributed by atoms with Crippen LogP contribution in [-0.4, -0.2) is 57.4 Å². The summed E-state index contributed by atoms with van der Waals surface area (Å²) in [5.74, 6) is -0.897. The Bertz CT molecular complexity index is 1180. The highest BCUT2D eigenvalue weighted by Crippen LogP contribution is 2.47. The van der Waals surface area contributed by atoms with Crippen molar-refractivity contribution in [2.24, 2.45) is 10.8 Å². The summed E-state index contributed by atoms with van der Waals surface area (Å²) >= 11 is 1.59. The van der Waals surface area contributed by atoms with Gasteiger partial charge in [-0.05, 0) is 36.3 Å². The van der Waals surface area contributed by atoms with E-state index in [9.17, 15) is 19.5 Å². The average Bonchev–Trinajstić information content (AvgIpc) is 3.40. The molecule has 4 rings (SSSR count). The van der Waals surface area contributed by atoms with E-state index in [-0.39, 0.29) is 30.7 Å². The van der Waals surface area contributed by atoms with Crippen LogP contribution in [0, 0.1) is 17.8 Å². The van der Waals surface area contributed by atoms with E-state index in [1.807, 2.05) is 57.5 Å². The maximum absolute atomic E-state index is 13.7. The van der Waals surface area contributed by atoms with Gasteiger partial charge in [0.2, 0.25) is 17.7 Å². The van der Waals surface area contributed by atoms with Crippen molar-refractivity contribution in [2.75, 3.05) is 6.54 Å². The van der Waals surface area contributed by atoms with Crippen LogP contribution in [0.25, 0.3) is 10.4 Å². The van der Waals surface area contributed by atoms with Gasteiger partial charge in [0.25, 0.3) is 0 Å². The second kappa shape index (κ2) is 10.4. The lowest BCUT2D eigenvalue weighted by molar-refractivity contribution is -0.144. The van der Waals surface area contributed by atoms with E-state index in [2.05, 4.69) is 22.2 Å². The van der Waals surface area contributed by atoms with Gasteiger partial charge in [-0.2, -0.15) is 0 Å². The molecule has 1 saturated carbocycles. The monoisotopic (exact) mass is 524 g/mol. The number of hydrogen-bond acceptors (Lipinski definition) is 6. The fraction of sp³-hybridized carbons (Fsp3) is 0.500. The predicted molar refractivity (Wildman–Crippen MR) is 144 cm³/mol. The van der Waals surface area contributed by atoms with Crippen molar-refractivity contribution < 1.29 is 19.5 Å². The Morgan fingerprint density at radius 2 is 1.95 bits per heavy atom.